The molecule has 10 heavy (non-hydrogen) atoms. The summed E-state index contributed by atoms with van der Waals surface area (Å²) < 4.78 is 0. The molecule has 0 aliphatic rings. The minimum absolute atomic E-state index is 0.00926. The Morgan fingerprint density at radius 2 is 2.10 bits per heavy atom. The SMILES string of the molecule is C=CC(C(=C)C)C(C)C=O. The topological polar surface area (TPSA) is 17.1 Å². The van der Waals surface area contributed by atoms with Crippen LogP contribution >= 0.6 is 0 Å². The Bertz CT molecular complexity index is 147. The Labute approximate surface area is 62.4 Å². The van der Waals surface area contributed by atoms with Gasteiger partial charge < -0.3 is 4.79 Å². The summed E-state index contributed by atoms with van der Waals surface area (Å²) in [4.78, 5) is 10.3. The van der Waals surface area contributed by atoms with E-state index in [2.05, 4.69) is 13.2 Å². The molecule has 56 valence electrons. The van der Waals surface area contributed by atoms with Gasteiger partial charge in [-0.2, -0.15) is 0 Å². The average Bonchev–Trinajstić information content (AvgIpc) is 1.88. The number of carbonyl (C=O) groups is 1. The minimum Gasteiger partial charge on any atom is -0.303 e. The lowest BCUT2D eigenvalue weighted by molar-refractivity contribution is -0.111. The first kappa shape index (κ1) is 9.15. The van der Waals surface area contributed by atoms with Gasteiger partial charge >= 0.3 is 0 Å². The van der Waals surface area contributed by atoms with E-state index in [1.165, 1.54) is 0 Å². The number of hydrogen-bond acceptors (Lipinski definition) is 1. The van der Waals surface area contributed by atoms with Crippen molar-refractivity contribution in [3.63, 3.8) is 0 Å². The predicted molar refractivity (Wildman–Crippen MR) is 43.7 cm³/mol. The van der Waals surface area contributed by atoms with Gasteiger partial charge in [0.25, 0.3) is 0 Å². The van der Waals surface area contributed by atoms with Crippen LogP contribution in [0.1, 0.15) is 13.8 Å². The van der Waals surface area contributed by atoms with Gasteiger partial charge in [-0.3, -0.25) is 0 Å². The molecule has 2 unspecified atom stereocenters. The molecule has 0 heterocycles. The lowest BCUT2D eigenvalue weighted by Crippen LogP contribution is -2.10. The van der Waals surface area contributed by atoms with E-state index in [4.69, 9.17) is 0 Å². The summed E-state index contributed by atoms with van der Waals surface area (Å²) in [7, 11) is 0. The lowest BCUT2D eigenvalue weighted by atomic mass is 9.90. The van der Waals surface area contributed by atoms with Crippen molar-refractivity contribution >= 4 is 6.29 Å². The number of allylic oxidation sites excluding steroid dienone is 2. The van der Waals surface area contributed by atoms with Crippen molar-refractivity contribution in [3.8, 4) is 0 Å². The smallest absolute Gasteiger partial charge is 0.123 e. The molecule has 0 aliphatic heterocycles. The molecule has 0 saturated heterocycles. The normalized spacial score (nSPS) is 15.4. The molecule has 0 saturated carbocycles. The molecule has 0 radical (unpaired) electrons. The highest BCUT2D eigenvalue weighted by molar-refractivity contribution is 5.54. The van der Waals surface area contributed by atoms with Crippen LogP contribution in [0.15, 0.2) is 24.8 Å². The molecule has 1 nitrogen and oxygen atoms in total. The van der Waals surface area contributed by atoms with Crippen molar-refractivity contribution in [2.24, 2.45) is 11.8 Å². The Kier molecular flexibility index (Phi) is 3.70. The molecular formula is C9H14O. The number of hydrogen-bond donors (Lipinski definition) is 0. The second kappa shape index (κ2) is 4.04. The summed E-state index contributed by atoms with van der Waals surface area (Å²) in [6.07, 6.45) is 2.70. The molecular weight excluding hydrogens is 124 g/mol. The Balaban J connectivity index is 4.19. The van der Waals surface area contributed by atoms with Crippen LogP contribution < -0.4 is 0 Å². The van der Waals surface area contributed by atoms with Crippen LogP contribution in [0.4, 0.5) is 0 Å². The zero-order valence-corrected chi connectivity index (χ0v) is 6.63. The molecule has 0 spiro atoms. The maximum atomic E-state index is 10.3. The third-order valence-electron chi connectivity index (χ3n) is 1.60. The van der Waals surface area contributed by atoms with Gasteiger partial charge in [0.15, 0.2) is 0 Å². The van der Waals surface area contributed by atoms with Crippen LogP contribution in [0.5, 0.6) is 0 Å². The summed E-state index contributed by atoms with van der Waals surface area (Å²) in [5, 5.41) is 0. The summed E-state index contributed by atoms with van der Waals surface area (Å²) in [5.41, 5.74) is 0.995. The predicted octanol–water partition coefficient (Wildman–Crippen LogP) is 2.20. The zero-order valence-electron chi connectivity index (χ0n) is 6.63. The largest absolute Gasteiger partial charge is 0.303 e. The molecule has 2 atom stereocenters. The second-order valence-electron chi connectivity index (χ2n) is 2.60. The first-order valence-corrected chi connectivity index (χ1v) is 3.36. The summed E-state index contributed by atoms with van der Waals surface area (Å²) in [5.74, 6) is 0.146. The van der Waals surface area contributed by atoms with E-state index in [1.54, 1.807) is 6.08 Å². The van der Waals surface area contributed by atoms with E-state index in [1.807, 2.05) is 13.8 Å². The van der Waals surface area contributed by atoms with Crippen molar-refractivity contribution < 1.29 is 4.79 Å². The fourth-order valence-corrected chi connectivity index (χ4v) is 0.949. The third kappa shape index (κ3) is 2.18. The quantitative estimate of drug-likeness (QED) is 0.430. The summed E-state index contributed by atoms with van der Waals surface area (Å²) >= 11 is 0. The zero-order chi connectivity index (χ0) is 8.15. The van der Waals surface area contributed by atoms with Crippen molar-refractivity contribution in [3.05, 3.63) is 24.8 Å². The summed E-state index contributed by atoms with van der Waals surface area (Å²) in [6, 6.07) is 0. The van der Waals surface area contributed by atoms with Gasteiger partial charge in [0, 0.05) is 11.8 Å². The van der Waals surface area contributed by atoms with Gasteiger partial charge in [-0.15, -0.1) is 6.58 Å². The van der Waals surface area contributed by atoms with E-state index < -0.39 is 0 Å². The van der Waals surface area contributed by atoms with Crippen molar-refractivity contribution in [2.75, 3.05) is 0 Å². The van der Waals surface area contributed by atoms with E-state index in [0.29, 0.717) is 0 Å². The minimum atomic E-state index is 0.00926. The van der Waals surface area contributed by atoms with Crippen LogP contribution in [-0.4, -0.2) is 6.29 Å². The molecule has 0 amide bonds. The van der Waals surface area contributed by atoms with Gasteiger partial charge in [-0.25, -0.2) is 0 Å². The van der Waals surface area contributed by atoms with Crippen molar-refractivity contribution in [1.82, 2.24) is 0 Å². The molecule has 1 heteroatoms. The molecule has 0 aliphatic carbocycles. The monoisotopic (exact) mass is 138 g/mol. The highest BCUT2D eigenvalue weighted by Crippen LogP contribution is 2.17. The lowest BCUT2D eigenvalue weighted by Gasteiger charge is -2.14. The van der Waals surface area contributed by atoms with Gasteiger partial charge in [0.2, 0.25) is 0 Å². The number of aldehydes is 1. The van der Waals surface area contributed by atoms with Crippen molar-refractivity contribution in [1.29, 1.82) is 0 Å². The Morgan fingerprint density at radius 3 is 2.20 bits per heavy atom. The maximum Gasteiger partial charge on any atom is 0.123 e. The van der Waals surface area contributed by atoms with Crippen LogP contribution in [0, 0.1) is 11.8 Å². The van der Waals surface area contributed by atoms with Gasteiger partial charge in [-0.05, 0) is 6.92 Å². The highest BCUT2D eigenvalue weighted by Gasteiger charge is 2.12. The molecule has 0 fully saturated rings. The van der Waals surface area contributed by atoms with Gasteiger partial charge in [0.05, 0.1) is 0 Å². The Hall–Kier alpha value is -0.850. The third-order valence-corrected chi connectivity index (χ3v) is 1.60. The fraction of sp³-hybridized carbons (Fsp3) is 0.444. The first-order valence-electron chi connectivity index (χ1n) is 3.36. The van der Waals surface area contributed by atoms with Gasteiger partial charge in [-0.1, -0.05) is 25.2 Å². The fourth-order valence-electron chi connectivity index (χ4n) is 0.949. The number of rotatable bonds is 4. The molecule has 0 aromatic heterocycles. The second-order valence-corrected chi connectivity index (χ2v) is 2.60. The standard InChI is InChI=1S/C9H14O/c1-5-9(7(2)3)8(4)6-10/h5-6,8-9H,1-2H2,3-4H3. The first-order chi connectivity index (χ1) is 4.63. The number of carbonyl (C=O) groups excluding carboxylic acids is 1. The maximum absolute atomic E-state index is 10.3. The highest BCUT2D eigenvalue weighted by atomic mass is 16.1. The average molecular weight is 138 g/mol. The van der Waals surface area contributed by atoms with Crippen LogP contribution in [0.25, 0.3) is 0 Å². The van der Waals surface area contributed by atoms with Crippen LogP contribution in [-0.2, 0) is 4.79 Å². The van der Waals surface area contributed by atoms with E-state index in [0.717, 1.165) is 11.9 Å². The molecule has 0 rings (SSSR count). The van der Waals surface area contributed by atoms with Crippen molar-refractivity contribution in [2.45, 2.75) is 13.8 Å². The summed E-state index contributed by atoms with van der Waals surface area (Å²) in [6.45, 7) is 11.2. The molecule has 0 N–H and O–H groups in total. The van der Waals surface area contributed by atoms with E-state index >= 15 is 0 Å². The van der Waals surface area contributed by atoms with Gasteiger partial charge in [0.1, 0.15) is 6.29 Å². The molecule has 0 aromatic carbocycles. The molecule has 0 aromatic rings. The molecule has 0 bridgehead atoms. The van der Waals surface area contributed by atoms with E-state index in [-0.39, 0.29) is 11.8 Å². The van der Waals surface area contributed by atoms with E-state index in [9.17, 15) is 4.79 Å². The van der Waals surface area contributed by atoms with Crippen LogP contribution in [0.2, 0.25) is 0 Å². The Morgan fingerprint density at radius 1 is 1.60 bits per heavy atom. The van der Waals surface area contributed by atoms with Crippen LogP contribution in [0.3, 0.4) is 0 Å².